The van der Waals surface area contributed by atoms with Gasteiger partial charge < -0.3 is 10.2 Å². The summed E-state index contributed by atoms with van der Waals surface area (Å²) in [6, 6.07) is 11.3. The summed E-state index contributed by atoms with van der Waals surface area (Å²) in [6.07, 6.45) is 1.64. The van der Waals surface area contributed by atoms with Crippen LogP contribution in [0.2, 0.25) is 5.02 Å². The average Bonchev–Trinajstić information content (AvgIpc) is 2.55. The Bertz CT molecular complexity index is 672. The minimum Gasteiger partial charge on any atom is -0.329 e. The first-order chi connectivity index (χ1) is 10.7. The number of hydrogen-bond donors (Lipinski definition) is 1. The zero-order valence-electron chi connectivity index (χ0n) is 12.4. The highest BCUT2D eigenvalue weighted by atomic mass is 35.5. The number of benzene rings is 1. The summed E-state index contributed by atoms with van der Waals surface area (Å²) in [5, 5.41) is 4.03. The highest BCUT2D eigenvalue weighted by molar-refractivity contribution is 6.31. The molecular formula is C17H18ClN3O. The van der Waals surface area contributed by atoms with Crippen LogP contribution in [0.1, 0.15) is 27.7 Å². The van der Waals surface area contributed by atoms with Crippen molar-refractivity contribution in [3.05, 3.63) is 64.4 Å². The van der Waals surface area contributed by atoms with Crippen LogP contribution in [0.25, 0.3) is 0 Å². The topological polar surface area (TPSA) is 45.2 Å². The molecule has 114 valence electrons. The Morgan fingerprint density at radius 3 is 2.86 bits per heavy atom. The lowest BCUT2D eigenvalue weighted by Gasteiger charge is -2.37. The molecule has 1 N–H and O–H groups in total. The smallest absolute Gasteiger partial charge is 0.256 e. The highest BCUT2D eigenvalue weighted by Crippen LogP contribution is 2.29. The van der Waals surface area contributed by atoms with E-state index in [1.807, 2.05) is 48.2 Å². The molecule has 0 aliphatic carbocycles. The number of pyridine rings is 1. The van der Waals surface area contributed by atoms with E-state index < -0.39 is 0 Å². The molecule has 1 aliphatic heterocycles. The summed E-state index contributed by atoms with van der Waals surface area (Å²) >= 11 is 6.32. The molecule has 1 fully saturated rings. The number of amides is 1. The fourth-order valence-corrected chi connectivity index (χ4v) is 2.99. The summed E-state index contributed by atoms with van der Waals surface area (Å²) in [5.74, 6) is -0.00100. The molecule has 1 atom stereocenters. The molecule has 4 nitrogen and oxygen atoms in total. The maximum absolute atomic E-state index is 12.8. The van der Waals surface area contributed by atoms with Crippen molar-refractivity contribution in [1.29, 1.82) is 0 Å². The number of rotatable bonds is 2. The number of carbonyl (C=O) groups is 1. The SMILES string of the molecule is Cc1ccc(C(=O)N2CCNCC2c2ccccc2Cl)cn1. The summed E-state index contributed by atoms with van der Waals surface area (Å²) in [6.45, 7) is 4.05. The van der Waals surface area contributed by atoms with E-state index in [9.17, 15) is 4.79 Å². The summed E-state index contributed by atoms with van der Waals surface area (Å²) in [7, 11) is 0. The molecule has 3 rings (SSSR count). The minimum absolute atomic E-state index is 0.00100. The van der Waals surface area contributed by atoms with E-state index in [2.05, 4.69) is 10.3 Å². The number of carbonyl (C=O) groups excluding carboxylic acids is 1. The second-order valence-corrected chi connectivity index (χ2v) is 5.84. The lowest BCUT2D eigenvalue weighted by Crippen LogP contribution is -2.48. The van der Waals surface area contributed by atoms with Crippen LogP contribution in [0.3, 0.4) is 0 Å². The van der Waals surface area contributed by atoms with Gasteiger partial charge in [0.05, 0.1) is 11.6 Å². The number of aryl methyl sites for hydroxylation is 1. The van der Waals surface area contributed by atoms with Crippen molar-refractivity contribution in [3.8, 4) is 0 Å². The number of aromatic nitrogens is 1. The maximum Gasteiger partial charge on any atom is 0.256 e. The van der Waals surface area contributed by atoms with Gasteiger partial charge in [0.2, 0.25) is 0 Å². The number of nitrogens with zero attached hydrogens (tertiary/aromatic N) is 2. The Labute approximate surface area is 135 Å². The average molecular weight is 316 g/mol. The van der Waals surface area contributed by atoms with E-state index >= 15 is 0 Å². The first-order valence-corrected chi connectivity index (χ1v) is 7.73. The first kappa shape index (κ1) is 15.0. The third kappa shape index (κ3) is 2.98. The highest BCUT2D eigenvalue weighted by Gasteiger charge is 2.29. The van der Waals surface area contributed by atoms with Crippen LogP contribution in [-0.4, -0.2) is 35.4 Å². The van der Waals surface area contributed by atoms with Gasteiger partial charge in [-0.3, -0.25) is 9.78 Å². The predicted molar refractivity (Wildman–Crippen MR) is 87.1 cm³/mol. The van der Waals surface area contributed by atoms with E-state index in [1.54, 1.807) is 6.20 Å². The first-order valence-electron chi connectivity index (χ1n) is 7.35. The van der Waals surface area contributed by atoms with Crippen LogP contribution in [0.15, 0.2) is 42.6 Å². The molecule has 2 heterocycles. The van der Waals surface area contributed by atoms with E-state index in [0.29, 0.717) is 23.7 Å². The van der Waals surface area contributed by atoms with E-state index in [4.69, 9.17) is 11.6 Å². The summed E-state index contributed by atoms with van der Waals surface area (Å²) in [5.41, 5.74) is 2.49. The van der Waals surface area contributed by atoms with E-state index in [1.165, 1.54) is 0 Å². The normalized spacial score (nSPS) is 18.3. The Hall–Kier alpha value is -1.91. The van der Waals surface area contributed by atoms with Gasteiger partial charge in [0.1, 0.15) is 0 Å². The van der Waals surface area contributed by atoms with Gasteiger partial charge in [-0.2, -0.15) is 0 Å². The zero-order chi connectivity index (χ0) is 15.5. The quantitative estimate of drug-likeness (QED) is 0.927. The van der Waals surface area contributed by atoms with E-state index in [-0.39, 0.29) is 11.9 Å². The van der Waals surface area contributed by atoms with Crippen molar-refractivity contribution >= 4 is 17.5 Å². The van der Waals surface area contributed by atoms with Crippen molar-refractivity contribution < 1.29 is 4.79 Å². The molecule has 0 saturated carbocycles. The molecule has 0 bridgehead atoms. The van der Waals surface area contributed by atoms with Gasteiger partial charge in [-0.05, 0) is 30.7 Å². The molecule has 0 spiro atoms. The molecular weight excluding hydrogens is 298 g/mol. The van der Waals surface area contributed by atoms with Gasteiger partial charge in [-0.1, -0.05) is 29.8 Å². The fraction of sp³-hybridized carbons (Fsp3) is 0.294. The molecule has 1 saturated heterocycles. The molecule has 0 radical (unpaired) electrons. The Morgan fingerprint density at radius 2 is 2.14 bits per heavy atom. The van der Waals surface area contributed by atoms with Crippen molar-refractivity contribution in [3.63, 3.8) is 0 Å². The van der Waals surface area contributed by atoms with Crippen LogP contribution in [0, 0.1) is 6.92 Å². The van der Waals surface area contributed by atoms with Gasteiger partial charge in [0.15, 0.2) is 0 Å². The molecule has 1 aromatic carbocycles. The van der Waals surface area contributed by atoms with Crippen molar-refractivity contribution in [2.24, 2.45) is 0 Å². The third-order valence-electron chi connectivity index (χ3n) is 3.93. The van der Waals surface area contributed by atoms with Crippen molar-refractivity contribution in [1.82, 2.24) is 15.2 Å². The lowest BCUT2D eigenvalue weighted by molar-refractivity contribution is 0.0634. The molecule has 1 aliphatic rings. The number of hydrogen-bond acceptors (Lipinski definition) is 3. The van der Waals surface area contributed by atoms with Crippen molar-refractivity contribution in [2.75, 3.05) is 19.6 Å². The molecule has 22 heavy (non-hydrogen) atoms. The van der Waals surface area contributed by atoms with Crippen molar-refractivity contribution in [2.45, 2.75) is 13.0 Å². The standard InChI is InChI=1S/C17H18ClN3O/c1-12-6-7-13(10-20-12)17(22)21-9-8-19-11-16(21)14-4-2-3-5-15(14)18/h2-7,10,16,19H,8-9,11H2,1H3. The molecule has 1 aromatic heterocycles. The maximum atomic E-state index is 12.8. The number of nitrogens with one attached hydrogen (secondary N) is 1. The lowest BCUT2D eigenvalue weighted by atomic mass is 10.0. The Morgan fingerprint density at radius 1 is 1.32 bits per heavy atom. The fourth-order valence-electron chi connectivity index (χ4n) is 2.73. The van der Waals surface area contributed by atoms with Gasteiger partial charge in [0, 0.05) is 36.5 Å². The summed E-state index contributed by atoms with van der Waals surface area (Å²) < 4.78 is 0. The van der Waals surface area contributed by atoms with E-state index in [0.717, 1.165) is 17.8 Å². The minimum atomic E-state index is -0.0590. The zero-order valence-corrected chi connectivity index (χ0v) is 13.2. The summed E-state index contributed by atoms with van der Waals surface area (Å²) in [4.78, 5) is 18.9. The number of piperazine rings is 1. The van der Waals surface area contributed by atoms with Crippen LogP contribution in [0.4, 0.5) is 0 Å². The second kappa shape index (κ2) is 6.46. The van der Waals surface area contributed by atoms with Crippen LogP contribution < -0.4 is 5.32 Å². The largest absolute Gasteiger partial charge is 0.329 e. The Balaban J connectivity index is 1.91. The van der Waals surface area contributed by atoms with Crippen LogP contribution in [-0.2, 0) is 0 Å². The number of halogens is 1. The second-order valence-electron chi connectivity index (χ2n) is 5.43. The third-order valence-corrected chi connectivity index (χ3v) is 4.27. The Kier molecular flexibility index (Phi) is 4.41. The van der Waals surface area contributed by atoms with Gasteiger partial charge in [-0.25, -0.2) is 0 Å². The van der Waals surface area contributed by atoms with Crippen LogP contribution in [0.5, 0.6) is 0 Å². The molecule has 1 amide bonds. The molecule has 2 aromatic rings. The monoisotopic (exact) mass is 315 g/mol. The van der Waals surface area contributed by atoms with Gasteiger partial charge >= 0.3 is 0 Å². The van der Waals surface area contributed by atoms with Crippen LogP contribution >= 0.6 is 11.6 Å². The molecule has 1 unspecified atom stereocenters. The predicted octanol–water partition coefficient (Wildman–Crippen LogP) is 2.83. The van der Waals surface area contributed by atoms with Gasteiger partial charge in [0.25, 0.3) is 5.91 Å². The van der Waals surface area contributed by atoms with Gasteiger partial charge in [-0.15, -0.1) is 0 Å². The molecule has 5 heteroatoms.